The second kappa shape index (κ2) is 20.2. The summed E-state index contributed by atoms with van der Waals surface area (Å²) < 4.78 is 55.9. The maximum atomic E-state index is 12.6. The number of hydrogen-bond acceptors (Lipinski definition) is 13. The Morgan fingerprint density at radius 3 is 1.64 bits per heavy atom. The highest BCUT2D eigenvalue weighted by molar-refractivity contribution is 5.96. The molecule has 0 saturated carbocycles. The number of alkyl halides is 3. The van der Waals surface area contributed by atoms with E-state index in [9.17, 15) is 18.0 Å². The predicted octanol–water partition coefficient (Wildman–Crippen LogP) is 7.57. The van der Waals surface area contributed by atoms with Crippen molar-refractivity contribution in [1.29, 1.82) is 0 Å². The van der Waals surface area contributed by atoms with Crippen LogP contribution < -0.4 is 30.5 Å². The maximum Gasteiger partial charge on any atom is 0.573 e. The minimum Gasteiger partial charge on any atom is -0.406 e. The highest BCUT2D eigenvalue weighted by atomic mass is 19.4. The van der Waals surface area contributed by atoms with Gasteiger partial charge in [0, 0.05) is 84.6 Å². The first-order chi connectivity index (χ1) is 32.7. The fourth-order valence-corrected chi connectivity index (χ4v) is 7.69. The van der Waals surface area contributed by atoms with Crippen molar-refractivity contribution < 1.29 is 37.3 Å². The van der Waals surface area contributed by atoms with Crippen LogP contribution in [0.25, 0.3) is 33.5 Å². The normalized spacial score (nSPS) is 14.1. The van der Waals surface area contributed by atoms with E-state index in [0.29, 0.717) is 39.6 Å². The first-order valence-electron chi connectivity index (χ1n) is 21.6. The van der Waals surface area contributed by atoms with Crippen LogP contribution in [-0.4, -0.2) is 112 Å². The Hall–Kier alpha value is -7.74. The Bertz CT molecular complexity index is 2930. The van der Waals surface area contributed by atoms with Crippen molar-refractivity contribution in [2.24, 2.45) is 0 Å². The molecule has 4 aromatic carbocycles. The SMILES string of the molecule is FC(F)(F)Oc1cccc(-c2cnn3ccc(Nc4ccc(N5CCOCC5)cc4)nc23)c1.O=C(NCCO)c1cccc(-c2cnn3ccc(Nc4ccc(N5CCOCC5)cc4)nc23)c1. The lowest BCUT2D eigenvalue weighted by Gasteiger charge is -2.28. The molecule has 0 bridgehead atoms. The highest BCUT2D eigenvalue weighted by Crippen LogP contribution is 2.31. The molecule has 4 aromatic heterocycles. The van der Waals surface area contributed by atoms with Crippen LogP contribution >= 0.6 is 0 Å². The number of halogens is 3. The van der Waals surface area contributed by atoms with Gasteiger partial charge < -0.3 is 45.1 Å². The molecule has 2 saturated heterocycles. The van der Waals surface area contributed by atoms with Crippen molar-refractivity contribution in [3.8, 4) is 28.0 Å². The van der Waals surface area contributed by atoms with Gasteiger partial charge in [0.05, 0.1) is 45.4 Å². The van der Waals surface area contributed by atoms with Gasteiger partial charge in [-0.25, -0.2) is 19.0 Å². The molecule has 0 aliphatic carbocycles. The summed E-state index contributed by atoms with van der Waals surface area (Å²) in [4.78, 5) is 26.3. The molecule has 67 heavy (non-hydrogen) atoms. The maximum absolute atomic E-state index is 12.6. The number of hydrogen-bond donors (Lipinski definition) is 4. The number of morpholine rings is 2. The van der Waals surface area contributed by atoms with E-state index in [0.717, 1.165) is 80.8 Å². The molecule has 2 aliphatic heterocycles. The van der Waals surface area contributed by atoms with Gasteiger partial charge in [0.25, 0.3) is 5.91 Å². The monoisotopic (exact) mass is 913 g/mol. The van der Waals surface area contributed by atoms with Crippen LogP contribution in [0.15, 0.2) is 134 Å². The Morgan fingerprint density at radius 1 is 0.657 bits per heavy atom. The van der Waals surface area contributed by atoms with Crippen molar-refractivity contribution in [3.63, 3.8) is 0 Å². The highest BCUT2D eigenvalue weighted by Gasteiger charge is 2.31. The zero-order chi connectivity index (χ0) is 46.2. The number of amides is 1. The lowest BCUT2D eigenvalue weighted by Crippen LogP contribution is -2.36. The fourth-order valence-electron chi connectivity index (χ4n) is 7.69. The number of carbonyl (C=O) groups excluding carboxylic acids is 1. The number of anilines is 6. The topological polar surface area (TPSA) is 168 Å². The molecule has 0 unspecified atom stereocenters. The number of aromatic nitrogens is 6. The Kier molecular flexibility index (Phi) is 13.4. The Labute approximate surface area is 382 Å². The molecule has 0 spiro atoms. The van der Waals surface area contributed by atoms with E-state index >= 15 is 0 Å². The minimum absolute atomic E-state index is 0.102. The van der Waals surface area contributed by atoms with E-state index in [1.54, 1.807) is 51.9 Å². The standard InChI is InChI=1S/C25H26N6O3.C23H20F3N5O2/c32-13-9-26-25(33)19-3-1-2-18(16-19)22-17-27-31-10-8-23(29-24(22)31)28-20-4-6-21(7-5-20)30-11-14-34-15-12-30;24-23(25,26)33-19-3-1-2-16(14-19)20-15-27-31-9-8-21(29-22(20)31)28-17-4-6-18(7-5-17)30-10-12-32-13-11-30/h1-8,10,16-17,32H,9,11-15H2,(H,26,33)(H,28,29);1-9,14-15H,10-13H2,(H,28,29). The van der Waals surface area contributed by atoms with Crippen LogP contribution in [0.3, 0.4) is 0 Å². The zero-order valence-corrected chi connectivity index (χ0v) is 36.1. The van der Waals surface area contributed by atoms with Gasteiger partial charge in [-0.1, -0.05) is 24.3 Å². The Morgan fingerprint density at radius 2 is 1.15 bits per heavy atom. The lowest BCUT2D eigenvalue weighted by atomic mass is 10.1. The quantitative estimate of drug-likeness (QED) is 0.0949. The van der Waals surface area contributed by atoms with Crippen molar-refractivity contribution in [2.75, 3.05) is 86.2 Å². The summed E-state index contributed by atoms with van der Waals surface area (Å²) in [6.07, 6.45) is 2.15. The predicted molar refractivity (Wildman–Crippen MR) is 248 cm³/mol. The van der Waals surface area contributed by atoms with Gasteiger partial charge in [0.1, 0.15) is 17.4 Å². The summed E-state index contributed by atoms with van der Waals surface area (Å²) in [5.41, 5.74) is 8.60. The van der Waals surface area contributed by atoms with Gasteiger partial charge in [-0.2, -0.15) is 10.2 Å². The number of ether oxygens (including phenoxy) is 3. The molecule has 0 atom stereocenters. The van der Waals surface area contributed by atoms with E-state index in [1.807, 2.05) is 60.8 Å². The molecule has 2 aliphatic rings. The average Bonchev–Trinajstić information content (AvgIpc) is 3.98. The van der Waals surface area contributed by atoms with E-state index in [4.69, 9.17) is 19.6 Å². The molecule has 16 nitrogen and oxygen atoms in total. The molecular weight excluding hydrogens is 868 g/mol. The molecule has 2 fully saturated rings. The number of benzene rings is 4. The van der Waals surface area contributed by atoms with Crippen LogP contribution in [-0.2, 0) is 9.47 Å². The van der Waals surface area contributed by atoms with Gasteiger partial charge in [0.15, 0.2) is 11.3 Å². The zero-order valence-electron chi connectivity index (χ0n) is 36.1. The number of aliphatic hydroxyl groups excluding tert-OH is 1. The summed E-state index contributed by atoms with van der Waals surface area (Å²) in [6, 6.07) is 33.0. The number of aliphatic hydroxyl groups is 1. The summed E-state index contributed by atoms with van der Waals surface area (Å²) in [6.45, 7) is 6.61. The average molecular weight is 914 g/mol. The van der Waals surface area contributed by atoms with E-state index in [-0.39, 0.29) is 24.8 Å². The van der Waals surface area contributed by atoms with Crippen LogP contribution in [0.4, 0.5) is 47.6 Å². The fraction of sp³-hybridized carbons (Fsp3) is 0.229. The molecule has 344 valence electrons. The molecule has 4 N–H and O–H groups in total. The van der Waals surface area contributed by atoms with Crippen LogP contribution in [0.5, 0.6) is 5.75 Å². The third-order valence-corrected chi connectivity index (χ3v) is 11.0. The first kappa shape index (κ1) is 44.5. The number of nitrogens with one attached hydrogen (secondary N) is 3. The van der Waals surface area contributed by atoms with Gasteiger partial charge in [0.2, 0.25) is 0 Å². The van der Waals surface area contributed by atoms with Crippen molar-refractivity contribution in [2.45, 2.75) is 6.36 Å². The van der Waals surface area contributed by atoms with E-state index in [2.05, 4.69) is 57.8 Å². The van der Waals surface area contributed by atoms with Crippen LogP contribution in [0.1, 0.15) is 10.4 Å². The number of nitrogens with zero attached hydrogens (tertiary/aromatic N) is 8. The van der Waals surface area contributed by atoms with Crippen LogP contribution in [0.2, 0.25) is 0 Å². The minimum atomic E-state index is -4.76. The van der Waals surface area contributed by atoms with Gasteiger partial charge in [-0.3, -0.25) is 4.79 Å². The largest absolute Gasteiger partial charge is 0.573 e. The molecule has 19 heteroatoms. The Balaban J connectivity index is 0.000000168. The van der Waals surface area contributed by atoms with Gasteiger partial charge in [-0.05, 0) is 96.1 Å². The lowest BCUT2D eigenvalue weighted by molar-refractivity contribution is -0.274. The summed E-state index contributed by atoms with van der Waals surface area (Å²) in [5, 5.41) is 26.9. The molecule has 0 radical (unpaired) electrons. The summed E-state index contributed by atoms with van der Waals surface area (Å²) in [5.74, 6) is 0.758. The second-order valence-corrected chi connectivity index (χ2v) is 15.5. The van der Waals surface area contributed by atoms with Crippen LogP contribution in [0, 0.1) is 0 Å². The van der Waals surface area contributed by atoms with Crippen molar-refractivity contribution in [3.05, 3.63) is 140 Å². The molecule has 8 aromatic rings. The first-order valence-corrected chi connectivity index (χ1v) is 21.6. The smallest absolute Gasteiger partial charge is 0.406 e. The van der Waals surface area contributed by atoms with Crippen molar-refractivity contribution in [1.82, 2.24) is 34.5 Å². The van der Waals surface area contributed by atoms with E-state index < -0.39 is 6.36 Å². The molecule has 6 heterocycles. The number of fused-ring (bicyclic) bond motifs is 2. The summed E-state index contributed by atoms with van der Waals surface area (Å²) in [7, 11) is 0. The molecule has 1 amide bonds. The third-order valence-electron chi connectivity index (χ3n) is 11.0. The number of carbonyl (C=O) groups is 1. The number of rotatable bonds is 12. The molecule has 10 rings (SSSR count). The third kappa shape index (κ3) is 11.0. The summed E-state index contributed by atoms with van der Waals surface area (Å²) >= 11 is 0. The van der Waals surface area contributed by atoms with Crippen molar-refractivity contribution >= 4 is 51.6 Å². The van der Waals surface area contributed by atoms with Gasteiger partial charge in [-0.15, -0.1) is 13.2 Å². The molecular formula is C48H46F3N11O5. The second-order valence-electron chi connectivity index (χ2n) is 15.5. The van der Waals surface area contributed by atoms with E-state index in [1.165, 1.54) is 23.9 Å². The van der Waals surface area contributed by atoms with Gasteiger partial charge >= 0.3 is 6.36 Å².